The van der Waals surface area contributed by atoms with Crippen molar-refractivity contribution in [2.45, 2.75) is 25.0 Å². The summed E-state index contributed by atoms with van der Waals surface area (Å²) in [4.78, 5) is 36.9. The van der Waals surface area contributed by atoms with Crippen LogP contribution in [0.15, 0.2) is 107 Å². The molecule has 0 spiro atoms. The Bertz CT molecular complexity index is 1950. The predicted molar refractivity (Wildman–Crippen MR) is 161 cm³/mol. The molecule has 5 aliphatic heterocycles. The van der Waals surface area contributed by atoms with E-state index >= 15 is 0 Å². The molecule has 42 heavy (non-hydrogen) atoms. The molecule has 8 heterocycles. The number of nitrogens with one attached hydrogen (secondary N) is 2. The van der Waals surface area contributed by atoms with Crippen LogP contribution in [-0.4, -0.2) is 55.5 Å². The molecule has 2 unspecified atom stereocenters. The highest BCUT2D eigenvalue weighted by Gasteiger charge is 2.59. The molecule has 3 aromatic heterocycles. The third kappa shape index (κ3) is 3.77. The SMILES string of the molecule is CC1(C)C(=O)C2(C3COC3)C=C3C=CC(=N3)C=c3ccc([nH]3)=CC3=NC(n4cnc(-c5cccnc5)c4)(C=C3)C=C1N2. The maximum Gasteiger partial charge on any atom is 0.177 e. The van der Waals surface area contributed by atoms with Crippen molar-refractivity contribution in [2.75, 3.05) is 13.2 Å². The third-order valence-electron chi connectivity index (χ3n) is 8.75. The lowest BCUT2D eigenvalue weighted by atomic mass is 9.73. The molecule has 9 nitrogen and oxygen atoms in total. The van der Waals surface area contributed by atoms with Gasteiger partial charge in [-0.3, -0.25) is 9.78 Å². The van der Waals surface area contributed by atoms with Gasteiger partial charge in [-0.15, -0.1) is 0 Å². The lowest BCUT2D eigenvalue weighted by Gasteiger charge is -2.40. The number of hydrogen-bond acceptors (Lipinski definition) is 7. The molecule has 9 heteroatoms. The molecule has 2 fully saturated rings. The van der Waals surface area contributed by atoms with Crippen molar-refractivity contribution in [3.8, 4) is 11.3 Å². The number of ether oxygens (including phenoxy) is 1. The van der Waals surface area contributed by atoms with E-state index in [-0.39, 0.29) is 11.7 Å². The number of Topliss-reactive ketones (excluding diaryl/α,β-unsaturated/α-hetero) is 1. The van der Waals surface area contributed by atoms with Gasteiger partial charge in [0.15, 0.2) is 11.4 Å². The monoisotopic (exact) mass is 555 g/mol. The van der Waals surface area contributed by atoms with Gasteiger partial charge in [-0.1, -0.05) is 0 Å². The normalized spacial score (nSPS) is 27.3. The van der Waals surface area contributed by atoms with Crippen molar-refractivity contribution in [1.82, 2.24) is 24.8 Å². The van der Waals surface area contributed by atoms with Crippen LogP contribution in [0.25, 0.3) is 23.4 Å². The van der Waals surface area contributed by atoms with Gasteiger partial charge in [0.25, 0.3) is 0 Å². The van der Waals surface area contributed by atoms with Gasteiger partial charge < -0.3 is 19.6 Å². The average molecular weight is 556 g/mol. The number of H-pyrrole nitrogens is 1. The lowest BCUT2D eigenvalue weighted by Crippen LogP contribution is -2.58. The van der Waals surface area contributed by atoms with E-state index in [0.717, 1.165) is 44.8 Å². The lowest BCUT2D eigenvalue weighted by molar-refractivity contribution is -0.136. The van der Waals surface area contributed by atoms with Crippen LogP contribution in [0.4, 0.5) is 0 Å². The second-order valence-corrected chi connectivity index (χ2v) is 11.9. The number of hydrogen-bond donors (Lipinski definition) is 2. The molecule has 8 bridgehead atoms. The van der Waals surface area contributed by atoms with Gasteiger partial charge in [-0.05, 0) is 86.7 Å². The molecule has 2 N–H and O–H groups in total. The summed E-state index contributed by atoms with van der Waals surface area (Å²) >= 11 is 0. The zero-order valence-corrected chi connectivity index (χ0v) is 23.3. The number of aromatic nitrogens is 4. The molecular formula is C33H29N7O2. The second kappa shape index (κ2) is 8.80. The van der Waals surface area contributed by atoms with Crippen molar-refractivity contribution in [3.05, 3.63) is 108 Å². The summed E-state index contributed by atoms with van der Waals surface area (Å²) in [5.74, 6) is 0.0765. The van der Waals surface area contributed by atoms with Crippen LogP contribution in [0, 0.1) is 11.3 Å². The Hall–Kier alpha value is -4.89. The van der Waals surface area contributed by atoms with E-state index in [9.17, 15) is 4.79 Å². The Morgan fingerprint density at radius 1 is 1.02 bits per heavy atom. The average Bonchev–Trinajstić information content (AvgIpc) is 3.77. The number of carbonyl (C=O) groups is 1. The number of allylic oxidation sites excluding steroid dienone is 4. The quantitative estimate of drug-likeness (QED) is 0.517. The number of aliphatic imine (C=N–C) groups is 2. The minimum absolute atomic E-state index is 0.0166. The topological polar surface area (TPSA) is 110 Å². The molecule has 0 saturated carbocycles. The number of imidazole rings is 1. The summed E-state index contributed by atoms with van der Waals surface area (Å²) < 4.78 is 7.59. The standard InChI is InChI=1S/C33H29N7O2/c1-31(2)29-15-32(40-17-28(35-20-40)21-4-3-11-34-16-21)10-9-26(38-32)13-25-6-5-23(36-25)12-24-7-8-27(37-24)14-33(39-29,30(31)41)22-18-42-19-22/h3-17,20,22,36,39H,18-19H2,1-2H3. The highest BCUT2D eigenvalue weighted by molar-refractivity contribution is 6.20. The van der Waals surface area contributed by atoms with Gasteiger partial charge in [0.2, 0.25) is 0 Å². The first-order valence-electron chi connectivity index (χ1n) is 14.1. The zero-order valence-electron chi connectivity index (χ0n) is 23.3. The highest BCUT2D eigenvalue weighted by Crippen LogP contribution is 2.47. The first kappa shape index (κ1) is 24.9. The van der Waals surface area contributed by atoms with Gasteiger partial charge in [0.1, 0.15) is 5.54 Å². The fourth-order valence-corrected chi connectivity index (χ4v) is 6.27. The van der Waals surface area contributed by atoms with Crippen LogP contribution in [-0.2, 0) is 15.2 Å². The number of fused-ring (bicyclic) bond motifs is 6. The van der Waals surface area contributed by atoms with Crippen molar-refractivity contribution in [3.63, 3.8) is 0 Å². The molecule has 5 aliphatic rings. The number of rotatable bonds is 3. The Labute approximate surface area is 242 Å². The summed E-state index contributed by atoms with van der Waals surface area (Å²) in [5.41, 5.74) is 2.15. The van der Waals surface area contributed by atoms with E-state index in [1.54, 1.807) is 18.7 Å². The van der Waals surface area contributed by atoms with E-state index < -0.39 is 16.6 Å². The Morgan fingerprint density at radius 3 is 2.62 bits per heavy atom. The van der Waals surface area contributed by atoms with Crippen LogP contribution in [0.5, 0.6) is 0 Å². The van der Waals surface area contributed by atoms with Crippen molar-refractivity contribution in [1.29, 1.82) is 0 Å². The van der Waals surface area contributed by atoms with Crippen LogP contribution in [0.1, 0.15) is 13.8 Å². The van der Waals surface area contributed by atoms with Crippen LogP contribution in [0.2, 0.25) is 0 Å². The number of nitrogens with zero attached hydrogens (tertiary/aromatic N) is 5. The zero-order chi connectivity index (χ0) is 28.5. The minimum Gasteiger partial charge on any atom is -0.380 e. The van der Waals surface area contributed by atoms with Crippen molar-refractivity contribution in [2.24, 2.45) is 21.3 Å². The fourth-order valence-electron chi connectivity index (χ4n) is 6.27. The Morgan fingerprint density at radius 2 is 1.86 bits per heavy atom. The Balaban J connectivity index is 1.36. The first-order chi connectivity index (χ1) is 20.3. The van der Waals surface area contributed by atoms with Gasteiger partial charge in [0.05, 0.1) is 47.8 Å². The maximum atomic E-state index is 14.4. The summed E-state index contributed by atoms with van der Waals surface area (Å²) in [5, 5.41) is 5.57. The minimum atomic E-state index is -0.957. The molecule has 0 aromatic carbocycles. The van der Waals surface area contributed by atoms with Gasteiger partial charge in [0, 0.05) is 46.5 Å². The molecule has 3 aromatic rings. The van der Waals surface area contributed by atoms with E-state index in [2.05, 4.69) is 27.4 Å². The maximum absolute atomic E-state index is 14.4. The van der Waals surface area contributed by atoms with E-state index in [0.29, 0.717) is 13.2 Å². The number of aromatic amines is 1. The summed E-state index contributed by atoms with van der Waals surface area (Å²) in [7, 11) is 0. The fraction of sp³-hybridized carbons (Fsp3) is 0.242. The van der Waals surface area contributed by atoms with E-state index in [1.807, 2.05) is 85.3 Å². The molecular weight excluding hydrogens is 526 g/mol. The summed E-state index contributed by atoms with van der Waals surface area (Å²) in [6, 6.07) is 7.93. The van der Waals surface area contributed by atoms with Crippen LogP contribution < -0.4 is 16.0 Å². The number of pyridine rings is 1. The van der Waals surface area contributed by atoms with Crippen molar-refractivity contribution < 1.29 is 9.53 Å². The summed E-state index contributed by atoms with van der Waals surface area (Å²) in [6.45, 7) is 4.96. The van der Waals surface area contributed by atoms with Gasteiger partial charge in [-0.2, -0.15) is 0 Å². The van der Waals surface area contributed by atoms with Crippen molar-refractivity contribution >= 4 is 29.4 Å². The molecule has 2 atom stereocenters. The number of ketones is 1. The molecule has 0 amide bonds. The highest BCUT2D eigenvalue weighted by atomic mass is 16.5. The number of carbonyl (C=O) groups excluding carboxylic acids is 1. The van der Waals surface area contributed by atoms with Crippen LogP contribution >= 0.6 is 0 Å². The molecule has 2 saturated heterocycles. The summed E-state index contributed by atoms with van der Waals surface area (Å²) in [6.07, 6.45) is 23.4. The third-order valence-corrected chi connectivity index (χ3v) is 8.75. The van der Waals surface area contributed by atoms with Gasteiger partial charge in [-0.25, -0.2) is 15.0 Å². The molecule has 8 rings (SSSR count). The van der Waals surface area contributed by atoms with Gasteiger partial charge >= 0.3 is 0 Å². The molecule has 208 valence electrons. The Kier molecular flexibility index (Phi) is 5.21. The van der Waals surface area contributed by atoms with Crippen LogP contribution in [0.3, 0.4) is 0 Å². The molecule has 0 radical (unpaired) electrons. The first-order valence-corrected chi connectivity index (χ1v) is 14.1. The molecule has 0 aliphatic carbocycles. The predicted octanol–water partition coefficient (Wildman–Crippen LogP) is 2.57. The van der Waals surface area contributed by atoms with E-state index in [4.69, 9.17) is 19.7 Å². The largest absolute Gasteiger partial charge is 0.380 e. The second-order valence-electron chi connectivity index (χ2n) is 11.9. The van der Waals surface area contributed by atoms with E-state index in [1.165, 1.54) is 0 Å². The smallest absolute Gasteiger partial charge is 0.177 e.